The molecule has 1 N–H and O–H groups in total. The molecule has 0 spiro atoms. The van der Waals surface area contributed by atoms with E-state index in [4.69, 9.17) is 0 Å². The highest BCUT2D eigenvalue weighted by Gasteiger charge is 2.20. The number of nitrogens with zero attached hydrogens (tertiary/aromatic N) is 1. The Morgan fingerprint density at radius 3 is 2.88 bits per heavy atom. The molecule has 3 nitrogen and oxygen atoms in total. The molecule has 3 rings (SSSR count). The Kier molecular flexibility index (Phi) is 2.48. The van der Waals surface area contributed by atoms with Gasteiger partial charge < -0.3 is 9.88 Å². The molecule has 3 heteroatoms. The number of aromatic nitrogens is 1. The lowest BCUT2D eigenvalue weighted by molar-refractivity contribution is 0.677. The maximum Gasteiger partial charge on any atom is 0.255 e. The Morgan fingerprint density at radius 2 is 2.12 bits per heavy atom. The molecule has 17 heavy (non-hydrogen) atoms. The van der Waals surface area contributed by atoms with E-state index >= 15 is 0 Å². The number of rotatable bonds is 3. The number of hydrogen-bond acceptors (Lipinski definition) is 2. The summed E-state index contributed by atoms with van der Waals surface area (Å²) in [6.45, 7) is 0.683. The molecule has 0 atom stereocenters. The molecule has 0 unspecified atom stereocenters. The fourth-order valence-corrected chi connectivity index (χ4v) is 2.16. The summed E-state index contributed by atoms with van der Waals surface area (Å²) in [7, 11) is 1.84. The summed E-state index contributed by atoms with van der Waals surface area (Å²) in [5, 5.41) is 4.52. The lowest BCUT2D eigenvalue weighted by Crippen LogP contribution is -2.26. The second-order valence-corrected chi connectivity index (χ2v) is 4.75. The molecule has 1 aliphatic rings. The van der Waals surface area contributed by atoms with Gasteiger partial charge in [0, 0.05) is 25.2 Å². The van der Waals surface area contributed by atoms with Crippen LogP contribution in [0.1, 0.15) is 18.4 Å². The highest BCUT2D eigenvalue weighted by molar-refractivity contribution is 5.79. The van der Waals surface area contributed by atoms with Crippen molar-refractivity contribution in [2.75, 3.05) is 0 Å². The summed E-state index contributed by atoms with van der Waals surface area (Å²) < 4.78 is 1.74. The fraction of sp³-hybridized carbons (Fsp3) is 0.357. The van der Waals surface area contributed by atoms with Crippen molar-refractivity contribution in [1.29, 1.82) is 0 Å². The van der Waals surface area contributed by atoms with Gasteiger partial charge in [-0.2, -0.15) is 0 Å². The van der Waals surface area contributed by atoms with E-state index < -0.39 is 0 Å². The molecule has 1 saturated carbocycles. The van der Waals surface area contributed by atoms with Crippen LogP contribution in [0, 0.1) is 0 Å². The van der Waals surface area contributed by atoms with Gasteiger partial charge in [-0.1, -0.05) is 18.2 Å². The zero-order valence-corrected chi connectivity index (χ0v) is 9.94. The van der Waals surface area contributed by atoms with Gasteiger partial charge in [0.1, 0.15) is 0 Å². The molecule has 0 aliphatic heterocycles. The molecule has 1 aromatic carbocycles. The van der Waals surface area contributed by atoms with Crippen molar-refractivity contribution in [1.82, 2.24) is 9.88 Å². The fourth-order valence-electron chi connectivity index (χ4n) is 2.16. The normalized spacial score (nSPS) is 15.4. The maximum absolute atomic E-state index is 12.1. The number of hydrogen-bond donors (Lipinski definition) is 1. The van der Waals surface area contributed by atoms with Crippen molar-refractivity contribution in [3.63, 3.8) is 0 Å². The van der Waals surface area contributed by atoms with Gasteiger partial charge in [-0.25, -0.2) is 0 Å². The number of para-hydroxylation sites is 1. The number of fused-ring (bicyclic) bond motifs is 1. The summed E-state index contributed by atoms with van der Waals surface area (Å²) in [5.74, 6) is 0. The number of aryl methyl sites for hydroxylation is 1. The number of nitrogens with one attached hydrogen (secondary N) is 1. The maximum atomic E-state index is 12.1. The molecular weight excluding hydrogens is 212 g/mol. The third-order valence-corrected chi connectivity index (χ3v) is 3.37. The first-order valence-corrected chi connectivity index (χ1v) is 6.07. The molecule has 0 amide bonds. The Hall–Kier alpha value is -1.61. The van der Waals surface area contributed by atoms with Gasteiger partial charge in [0.25, 0.3) is 5.56 Å². The molecule has 0 bridgehead atoms. The largest absolute Gasteiger partial charge is 0.311 e. The van der Waals surface area contributed by atoms with Gasteiger partial charge in [0.15, 0.2) is 0 Å². The van der Waals surface area contributed by atoms with Gasteiger partial charge in [-0.15, -0.1) is 0 Å². The van der Waals surface area contributed by atoms with E-state index in [-0.39, 0.29) is 5.56 Å². The number of benzene rings is 1. The quantitative estimate of drug-likeness (QED) is 0.869. The van der Waals surface area contributed by atoms with E-state index in [1.54, 1.807) is 4.57 Å². The monoisotopic (exact) mass is 228 g/mol. The summed E-state index contributed by atoms with van der Waals surface area (Å²) >= 11 is 0. The minimum Gasteiger partial charge on any atom is -0.311 e. The third-order valence-electron chi connectivity index (χ3n) is 3.37. The minimum atomic E-state index is 0.108. The molecule has 1 fully saturated rings. The van der Waals surface area contributed by atoms with Gasteiger partial charge in [-0.3, -0.25) is 4.79 Å². The van der Waals surface area contributed by atoms with E-state index in [1.165, 1.54) is 12.8 Å². The second kappa shape index (κ2) is 4.00. The van der Waals surface area contributed by atoms with Crippen LogP contribution in [0.3, 0.4) is 0 Å². The first-order valence-electron chi connectivity index (χ1n) is 6.07. The Morgan fingerprint density at radius 1 is 1.35 bits per heavy atom. The highest BCUT2D eigenvalue weighted by Crippen LogP contribution is 2.19. The van der Waals surface area contributed by atoms with Crippen molar-refractivity contribution >= 4 is 10.9 Å². The first-order chi connectivity index (χ1) is 8.25. The van der Waals surface area contributed by atoms with Crippen LogP contribution in [0.15, 0.2) is 35.1 Å². The summed E-state index contributed by atoms with van der Waals surface area (Å²) in [6, 6.07) is 10.6. The van der Waals surface area contributed by atoms with Crippen molar-refractivity contribution < 1.29 is 0 Å². The van der Waals surface area contributed by atoms with Crippen LogP contribution in [0.4, 0.5) is 0 Å². The van der Waals surface area contributed by atoms with E-state index in [0.29, 0.717) is 12.6 Å². The lowest BCUT2D eigenvalue weighted by atomic mass is 10.1. The SMILES string of the molecule is Cn1c(=O)c(CNC2CC2)cc2ccccc21. The van der Waals surface area contributed by atoms with Crippen LogP contribution in [-0.4, -0.2) is 10.6 Å². The van der Waals surface area contributed by atoms with Crippen LogP contribution in [0.25, 0.3) is 10.9 Å². The Balaban J connectivity index is 2.05. The van der Waals surface area contributed by atoms with Crippen molar-refractivity contribution in [3.8, 4) is 0 Å². The average Bonchev–Trinajstić information content (AvgIpc) is 3.16. The highest BCUT2D eigenvalue weighted by atomic mass is 16.1. The Labute approximate surface area is 100 Å². The molecule has 0 saturated heterocycles. The first kappa shape index (κ1) is 10.5. The topological polar surface area (TPSA) is 34.0 Å². The zero-order valence-electron chi connectivity index (χ0n) is 9.94. The van der Waals surface area contributed by atoms with Gasteiger partial charge in [0.2, 0.25) is 0 Å². The van der Waals surface area contributed by atoms with Crippen LogP contribution in [-0.2, 0) is 13.6 Å². The predicted molar refractivity (Wildman–Crippen MR) is 69.1 cm³/mol. The van der Waals surface area contributed by atoms with Crippen LogP contribution in [0.5, 0.6) is 0 Å². The molecule has 88 valence electrons. The zero-order chi connectivity index (χ0) is 11.8. The molecule has 1 aliphatic carbocycles. The minimum absolute atomic E-state index is 0.108. The molecule has 1 aromatic heterocycles. The second-order valence-electron chi connectivity index (χ2n) is 4.75. The molecule has 1 heterocycles. The smallest absolute Gasteiger partial charge is 0.255 e. The van der Waals surface area contributed by atoms with Gasteiger partial charge in [0.05, 0.1) is 5.52 Å². The molecular formula is C14H16N2O. The number of pyridine rings is 1. The van der Waals surface area contributed by atoms with E-state index in [1.807, 2.05) is 31.3 Å². The lowest BCUT2D eigenvalue weighted by Gasteiger charge is -2.09. The van der Waals surface area contributed by atoms with Crippen molar-refractivity contribution in [3.05, 3.63) is 46.2 Å². The van der Waals surface area contributed by atoms with Crippen LogP contribution >= 0.6 is 0 Å². The third kappa shape index (κ3) is 1.98. The van der Waals surface area contributed by atoms with Crippen LogP contribution in [0.2, 0.25) is 0 Å². The summed E-state index contributed by atoms with van der Waals surface area (Å²) in [4.78, 5) is 12.1. The average molecular weight is 228 g/mol. The predicted octanol–water partition coefficient (Wildman–Crippen LogP) is 1.79. The Bertz CT molecular complexity index is 611. The van der Waals surface area contributed by atoms with E-state index in [2.05, 4.69) is 11.4 Å². The van der Waals surface area contributed by atoms with E-state index in [0.717, 1.165) is 16.5 Å². The van der Waals surface area contributed by atoms with Crippen molar-refractivity contribution in [2.24, 2.45) is 7.05 Å². The molecule has 0 radical (unpaired) electrons. The van der Waals surface area contributed by atoms with Crippen molar-refractivity contribution in [2.45, 2.75) is 25.4 Å². The van der Waals surface area contributed by atoms with Crippen LogP contribution < -0.4 is 10.9 Å². The summed E-state index contributed by atoms with van der Waals surface area (Å²) in [6.07, 6.45) is 2.49. The van der Waals surface area contributed by atoms with E-state index in [9.17, 15) is 4.79 Å². The van der Waals surface area contributed by atoms with Gasteiger partial charge in [-0.05, 0) is 30.4 Å². The standard InChI is InChI=1S/C14H16N2O/c1-16-13-5-3-2-4-10(13)8-11(14(16)17)9-15-12-6-7-12/h2-5,8,12,15H,6-7,9H2,1H3. The summed E-state index contributed by atoms with van der Waals surface area (Å²) in [5.41, 5.74) is 1.96. The van der Waals surface area contributed by atoms with Gasteiger partial charge >= 0.3 is 0 Å². The molecule has 2 aromatic rings.